The topological polar surface area (TPSA) is 58.6 Å². The van der Waals surface area contributed by atoms with Crippen LogP contribution in [0.3, 0.4) is 0 Å². The summed E-state index contributed by atoms with van der Waals surface area (Å²) in [5, 5.41) is 6.63. The fraction of sp³-hybridized carbons (Fsp3) is 0.294. The van der Waals surface area contributed by atoms with Gasteiger partial charge in [-0.05, 0) is 41.4 Å². The maximum Gasteiger partial charge on any atom is 0.258 e. The molecule has 1 aromatic carbocycles. The lowest BCUT2D eigenvalue weighted by molar-refractivity contribution is -0.135. The lowest BCUT2D eigenvalue weighted by Gasteiger charge is -2.21. The highest BCUT2D eigenvalue weighted by Gasteiger charge is 2.19. The van der Waals surface area contributed by atoms with Gasteiger partial charge in [0.1, 0.15) is 11.8 Å². The fourth-order valence-electron chi connectivity index (χ4n) is 2.08. The zero-order valence-electron chi connectivity index (χ0n) is 13.2. The third-order valence-corrected chi connectivity index (χ3v) is 3.97. The van der Waals surface area contributed by atoms with Gasteiger partial charge in [0.25, 0.3) is 5.91 Å². The van der Waals surface area contributed by atoms with Gasteiger partial charge in [-0.25, -0.2) is 0 Å². The van der Waals surface area contributed by atoms with E-state index in [2.05, 4.69) is 5.32 Å². The molecule has 6 heteroatoms. The smallest absolute Gasteiger partial charge is 0.258 e. The van der Waals surface area contributed by atoms with Crippen molar-refractivity contribution in [1.29, 1.82) is 0 Å². The predicted molar refractivity (Wildman–Crippen MR) is 90.3 cm³/mol. The molecule has 0 saturated carbocycles. The van der Waals surface area contributed by atoms with Gasteiger partial charge in [-0.2, -0.15) is 11.3 Å². The van der Waals surface area contributed by atoms with Crippen LogP contribution in [0.25, 0.3) is 0 Å². The van der Waals surface area contributed by atoms with E-state index in [1.54, 1.807) is 42.3 Å². The summed E-state index contributed by atoms with van der Waals surface area (Å²) in [4.78, 5) is 25.7. The predicted octanol–water partition coefficient (Wildman–Crippen LogP) is 2.29. The molecule has 1 aromatic heterocycles. The van der Waals surface area contributed by atoms with Crippen molar-refractivity contribution in [2.75, 3.05) is 13.7 Å². The molecule has 0 aliphatic rings. The Bertz CT molecular complexity index is 629. The van der Waals surface area contributed by atoms with Gasteiger partial charge < -0.3 is 15.0 Å². The monoisotopic (exact) mass is 332 g/mol. The summed E-state index contributed by atoms with van der Waals surface area (Å²) in [5.74, 6) is 0.166. The molecular formula is C17H20N2O3S. The third kappa shape index (κ3) is 5.41. The fourth-order valence-corrected chi connectivity index (χ4v) is 2.74. The summed E-state index contributed by atoms with van der Waals surface area (Å²) in [5.41, 5.74) is 1.08. The van der Waals surface area contributed by atoms with E-state index < -0.39 is 6.04 Å². The largest absolute Gasteiger partial charge is 0.484 e. The Morgan fingerprint density at radius 2 is 2.00 bits per heavy atom. The Morgan fingerprint density at radius 3 is 2.65 bits per heavy atom. The van der Waals surface area contributed by atoms with Crippen molar-refractivity contribution in [3.05, 3.63) is 52.7 Å². The van der Waals surface area contributed by atoms with Crippen LogP contribution in [0.2, 0.25) is 0 Å². The van der Waals surface area contributed by atoms with Crippen LogP contribution in [-0.2, 0) is 16.1 Å². The number of carbonyl (C=O) groups is 2. The molecule has 122 valence electrons. The molecule has 0 bridgehead atoms. The second-order valence-electron chi connectivity index (χ2n) is 5.22. The van der Waals surface area contributed by atoms with Crippen molar-refractivity contribution in [3.63, 3.8) is 0 Å². The molecule has 23 heavy (non-hydrogen) atoms. The second-order valence-corrected chi connectivity index (χ2v) is 6.00. The molecule has 5 nitrogen and oxygen atoms in total. The first-order valence-electron chi connectivity index (χ1n) is 7.29. The maximum atomic E-state index is 12.3. The number of nitrogens with one attached hydrogen (secondary N) is 1. The molecular weight excluding hydrogens is 312 g/mol. The minimum absolute atomic E-state index is 0.115. The molecule has 0 fully saturated rings. The quantitative estimate of drug-likeness (QED) is 0.846. The Balaban J connectivity index is 1.77. The van der Waals surface area contributed by atoms with E-state index in [4.69, 9.17) is 4.74 Å². The first kappa shape index (κ1) is 17.0. The average molecular weight is 332 g/mol. The number of rotatable bonds is 7. The molecule has 0 saturated heterocycles. The Kier molecular flexibility index (Phi) is 6.17. The van der Waals surface area contributed by atoms with Crippen molar-refractivity contribution in [2.45, 2.75) is 19.5 Å². The van der Waals surface area contributed by atoms with Crippen LogP contribution in [-0.4, -0.2) is 36.4 Å². The Hall–Kier alpha value is -2.34. The van der Waals surface area contributed by atoms with E-state index >= 15 is 0 Å². The summed E-state index contributed by atoms with van der Waals surface area (Å²) in [6.45, 7) is 2.09. The van der Waals surface area contributed by atoms with Gasteiger partial charge in [-0.1, -0.05) is 18.2 Å². The van der Waals surface area contributed by atoms with Crippen molar-refractivity contribution in [2.24, 2.45) is 0 Å². The van der Waals surface area contributed by atoms with Crippen LogP contribution < -0.4 is 10.1 Å². The number of benzene rings is 1. The van der Waals surface area contributed by atoms with Crippen molar-refractivity contribution >= 4 is 23.2 Å². The van der Waals surface area contributed by atoms with Gasteiger partial charge in [0.15, 0.2) is 6.61 Å². The number of nitrogens with zero attached hydrogens (tertiary/aromatic N) is 1. The van der Waals surface area contributed by atoms with Crippen LogP contribution in [0.15, 0.2) is 47.2 Å². The molecule has 1 unspecified atom stereocenters. The van der Waals surface area contributed by atoms with Crippen LogP contribution in [0.5, 0.6) is 5.75 Å². The molecule has 0 aliphatic heterocycles. The number of likely N-dealkylation sites (N-methyl/N-ethyl adjacent to an activating group) is 1. The highest BCUT2D eigenvalue weighted by Crippen LogP contribution is 2.09. The van der Waals surface area contributed by atoms with E-state index in [1.165, 1.54) is 0 Å². The minimum Gasteiger partial charge on any atom is -0.484 e. The van der Waals surface area contributed by atoms with E-state index in [0.29, 0.717) is 12.3 Å². The summed E-state index contributed by atoms with van der Waals surface area (Å²) in [6, 6.07) is 10.5. The van der Waals surface area contributed by atoms with Crippen LogP contribution in [0.4, 0.5) is 0 Å². The zero-order chi connectivity index (χ0) is 16.7. The minimum atomic E-state index is -0.592. The van der Waals surface area contributed by atoms with Crippen LogP contribution in [0, 0.1) is 0 Å². The van der Waals surface area contributed by atoms with E-state index in [9.17, 15) is 9.59 Å². The van der Waals surface area contributed by atoms with E-state index in [0.717, 1.165) is 5.56 Å². The molecule has 1 N–H and O–H groups in total. The number of hydrogen-bond acceptors (Lipinski definition) is 4. The highest BCUT2D eigenvalue weighted by molar-refractivity contribution is 7.07. The standard InChI is InChI=1S/C17H20N2O3S/c1-13(17(21)19(2)10-14-8-9-23-12-14)18-16(20)11-22-15-6-4-3-5-7-15/h3-9,12-13H,10-11H2,1-2H3,(H,18,20). The maximum absolute atomic E-state index is 12.3. The second kappa shape index (κ2) is 8.33. The lowest BCUT2D eigenvalue weighted by atomic mass is 10.2. The number of thiophene rings is 1. The van der Waals surface area contributed by atoms with Crippen LogP contribution >= 0.6 is 11.3 Å². The molecule has 0 radical (unpaired) electrons. The van der Waals surface area contributed by atoms with Gasteiger partial charge in [-0.15, -0.1) is 0 Å². The molecule has 2 amide bonds. The first-order valence-corrected chi connectivity index (χ1v) is 8.24. The molecule has 0 spiro atoms. The van der Waals surface area contributed by atoms with Crippen molar-refractivity contribution in [1.82, 2.24) is 10.2 Å². The summed E-state index contributed by atoms with van der Waals surface area (Å²) in [7, 11) is 1.73. The number of amides is 2. The van der Waals surface area contributed by atoms with Gasteiger partial charge >= 0.3 is 0 Å². The van der Waals surface area contributed by atoms with Crippen molar-refractivity contribution in [3.8, 4) is 5.75 Å². The van der Waals surface area contributed by atoms with E-state index in [1.807, 2.05) is 35.0 Å². The SMILES string of the molecule is CC(NC(=O)COc1ccccc1)C(=O)N(C)Cc1ccsc1. The van der Waals surface area contributed by atoms with Gasteiger partial charge in [0.2, 0.25) is 5.91 Å². The summed E-state index contributed by atoms with van der Waals surface area (Å²) in [6.07, 6.45) is 0. The lowest BCUT2D eigenvalue weighted by Crippen LogP contribution is -2.46. The zero-order valence-corrected chi connectivity index (χ0v) is 14.0. The number of hydrogen-bond donors (Lipinski definition) is 1. The Morgan fingerprint density at radius 1 is 1.26 bits per heavy atom. The van der Waals surface area contributed by atoms with Crippen molar-refractivity contribution < 1.29 is 14.3 Å². The highest BCUT2D eigenvalue weighted by atomic mass is 32.1. The number of carbonyl (C=O) groups excluding carboxylic acids is 2. The normalized spacial score (nSPS) is 11.6. The molecule has 1 atom stereocenters. The average Bonchev–Trinajstić information content (AvgIpc) is 3.06. The number of ether oxygens (including phenoxy) is 1. The molecule has 2 aromatic rings. The Labute approximate surface area is 139 Å². The van der Waals surface area contributed by atoms with E-state index in [-0.39, 0.29) is 18.4 Å². The summed E-state index contributed by atoms with van der Waals surface area (Å²) >= 11 is 1.59. The third-order valence-electron chi connectivity index (χ3n) is 3.24. The molecule has 1 heterocycles. The van der Waals surface area contributed by atoms with Gasteiger partial charge in [-0.3, -0.25) is 9.59 Å². The van der Waals surface area contributed by atoms with Gasteiger partial charge in [0, 0.05) is 13.6 Å². The molecule has 0 aliphatic carbocycles. The first-order chi connectivity index (χ1) is 11.1. The summed E-state index contributed by atoms with van der Waals surface area (Å²) < 4.78 is 5.36. The molecule has 2 rings (SSSR count). The van der Waals surface area contributed by atoms with Gasteiger partial charge in [0.05, 0.1) is 0 Å². The van der Waals surface area contributed by atoms with Crippen LogP contribution in [0.1, 0.15) is 12.5 Å². The number of para-hydroxylation sites is 1.